The summed E-state index contributed by atoms with van der Waals surface area (Å²) in [4.78, 5) is 36.6. The number of rotatable bonds is 3. The summed E-state index contributed by atoms with van der Waals surface area (Å²) in [6.07, 6.45) is 0. The van der Waals surface area contributed by atoms with Gasteiger partial charge >= 0.3 is 11.6 Å². The van der Waals surface area contributed by atoms with E-state index in [4.69, 9.17) is 4.42 Å². The first kappa shape index (κ1) is 17.4. The highest BCUT2D eigenvalue weighted by Crippen LogP contribution is 2.33. The monoisotopic (exact) mass is 368 g/mol. The third kappa shape index (κ3) is 2.96. The highest BCUT2D eigenvalue weighted by molar-refractivity contribution is 7.18. The Bertz CT molecular complexity index is 1140. The molecule has 2 heterocycles. The minimum atomic E-state index is -0.791. The van der Waals surface area contributed by atoms with E-state index < -0.39 is 17.5 Å². The molecule has 0 aliphatic carbocycles. The number of esters is 1. The number of nitrogens with one attached hydrogen (secondary N) is 1. The number of fused-ring (bicyclic) bond motifs is 1. The molecule has 1 amide bonds. The molecule has 0 saturated heterocycles. The average molecular weight is 368 g/mol. The number of hydrogen-bond acceptors (Lipinski definition) is 7. The van der Waals surface area contributed by atoms with E-state index in [0.29, 0.717) is 16.5 Å². The molecule has 2 aromatic heterocycles. The standard InChI is InChI=1S/C18H12N2O5S/c1-9-12(8-19)16(26-14(9)18(23)24-2)20-15(21)11-7-10-5-3-4-6-13(10)25-17(11)22/h3-7H,1-2H3,(H,20,21). The van der Waals surface area contributed by atoms with Crippen LogP contribution in [0.4, 0.5) is 5.00 Å². The van der Waals surface area contributed by atoms with Gasteiger partial charge in [-0.3, -0.25) is 4.79 Å². The first-order valence-corrected chi connectivity index (χ1v) is 8.24. The van der Waals surface area contributed by atoms with Crippen LogP contribution in [0.5, 0.6) is 0 Å². The quantitative estimate of drug-likeness (QED) is 0.562. The normalized spacial score (nSPS) is 10.3. The Balaban J connectivity index is 2.01. The van der Waals surface area contributed by atoms with E-state index >= 15 is 0 Å². The third-order valence-electron chi connectivity index (χ3n) is 3.74. The zero-order chi connectivity index (χ0) is 18.8. The molecule has 0 bridgehead atoms. The van der Waals surface area contributed by atoms with Crippen LogP contribution in [0.15, 0.2) is 39.5 Å². The molecular weight excluding hydrogens is 356 g/mol. The SMILES string of the molecule is COC(=O)c1sc(NC(=O)c2cc3ccccc3oc2=O)c(C#N)c1C. The molecule has 0 aliphatic heterocycles. The topological polar surface area (TPSA) is 109 Å². The predicted octanol–water partition coefficient (Wildman–Crippen LogP) is 3.07. The Morgan fingerprint density at radius 1 is 1.31 bits per heavy atom. The van der Waals surface area contributed by atoms with Gasteiger partial charge in [-0.15, -0.1) is 11.3 Å². The van der Waals surface area contributed by atoms with Gasteiger partial charge in [-0.25, -0.2) is 9.59 Å². The largest absolute Gasteiger partial charge is 0.465 e. The Kier molecular flexibility index (Phi) is 4.56. The molecule has 0 saturated carbocycles. The van der Waals surface area contributed by atoms with Gasteiger partial charge in [0.1, 0.15) is 27.1 Å². The molecule has 0 radical (unpaired) electrons. The number of para-hydroxylation sites is 1. The second kappa shape index (κ2) is 6.82. The maximum absolute atomic E-state index is 12.5. The highest BCUT2D eigenvalue weighted by atomic mass is 32.1. The van der Waals surface area contributed by atoms with Crippen molar-refractivity contribution in [2.24, 2.45) is 0 Å². The number of benzene rings is 1. The number of thiophene rings is 1. The zero-order valence-corrected chi connectivity index (χ0v) is 14.6. The van der Waals surface area contributed by atoms with Crippen LogP contribution >= 0.6 is 11.3 Å². The molecule has 3 rings (SSSR count). The number of ether oxygens (including phenoxy) is 1. The summed E-state index contributed by atoms with van der Waals surface area (Å²) in [6.45, 7) is 1.58. The highest BCUT2D eigenvalue weighted by Gasteiger charge is 2.23. The number of methoxy groups -OCH3 is 1. The lowest BCUT2D eigenvalue weighted by atomic mass is 10.1. The van der Waals surface area contributed by atoms with Crippen LogP contribution in [-0.4, -0.2) is 19.0 Å². The van der Waals surface area contributed by atoms with E-state index in [2.05, 4.69) is 10.1 Å². The van der Waals surface area contributed by atoms with Crippen LogP contribution in [0.25, 0.3) is 11.0 Å². The van der Waals surface area contributed by atoms with Crippen molar-refractivity contribution in [2.75, 3.05) is 12.4 Å². The van der Waals surface area contributed by atoms with E-state index in [-0.39, 0.29) is 21.0 Å². The number of nitrogens with zero attached hydrogens (tertiary/aromatic N) is 1. The lowest BCUT2D eigenvalue weighted by Gasteiger charge is -2.03. The minimum absolute atomic E-state index is 0.147. The zero-order valence-electron chi connectivity index (χ0n) is 13.8. The molecule has 1 aromatic carbocycles. The Labute approximate surface area is 151 Å². The summed E-state index contributed by atoms with van der Waals surface area (Å²) in [5.41, 5.74) is -0.0646. The second-order valence-corrected chi connectivity index (χ2v) is 6.32. The van der Waals surface area contributed by atoms with Gasteiger partial charge in [0.15, 0.2) is 0 Å². The summed E-state index contributed by atoms with van der Waals surface area (Å²) < 4.78 is 9.81. The van der Waals surface area contributed by atoms with Gasteiger partial charge in [-0.05, 0) is 24.6 Å². The van der Waals surface area contributed by atoms with E-state index in [1.807, 2.05) is 6.07 Å². The van der Waals surface area contributed by atoms with Crippen LogP contribution in [0.2, 0.25) is 0 Å². The van der Waals surface area contributed by atoms with Crippen molar-refractivity contribution in [1.29, 1.82) is 5.26 Å². The Hall–Kier alpha value is -3.44. The molecule has 7 nitrogen and oxygen atoms in total. The van der Waals surface area contributed by atoms with Crippen LogP contribution in [0.1, 0.15) is 31.2 Å². The van der Waals surface area contributed by atoms with Gasteiger partial charge in [-0.2, -0.15) is 5.26 Å². The van der Waals surface area contributed by atoms with Crippen molar-refractivity contribution >= 4 is 39.2 Å². The number of hydrogen-bond donors (Lipinski definition) is 1. The van der Waals surface area contributed by atoms with Crippen molar-refractivity contribution in [3.05, 3.63) is 62.3 Å². The summed E-state index contributed by atoms with van der Waals surface area (Å²) >= 11 is 0.914. The maximum atomic E-state index is 12.5. The van der Waals surface area contributed by atoms with E-state index in [1.165, 1.54) is 13.2 Å². The molecule has 8 heteroatoms. The van der Waals surface area contributed by atoms with E-state index in [9.17, 15) is 19.6 Å². The first-order valence-electron chi connectivity index (χ1n) is 7.42. The van der Waals surface area contributed by atoms with Gasteiger partial charge < -0.3 is 14.5 Å². The lowest BCUT2D eigenvalue weighted by molar-refractivity contribution is 0.0605. The average Bonchev–Trinajstić information content (AvgIpc) is 2.95. The summed E-state index contributed by atoms with van der Waals surface area (Å²) in [5, 5.41) is 12.6. The predicted molar refractivity (Wildman–Crippen MR) is 95.5 cm³/mol. The molecule has 3 aromatic rings. The van der Waals surface area contributed by atoms with Gasteiger partial charge in [0.25, 0.3) is 5.91 Å². The van der Waals surface area contributed by atoms with Crippen molar-refractivity contribution in [3.63, 3.8) is 0 Å². The van der Waals surface area contributed by atoms with Crippen LogP contribution in [-0.2, 0) is 4.74 Å². The number of nitriles is 1. The number of amides is 1. The molecule has 130 valence electrons. The summed E-state index contributed by atoms with van der Waals surface area (Å²) in [7, 11) is 1.23. The van der Waals surface area contributed by atoms with Crippen molar-refractivity contribution in [1.82, 2.24) is 0 Å². The van der Waals surface area contributed by atoms with E-state index in [1.54, 1.807) is 31.2 Å². The number of anilines is 1. The van der Waals surface area contributed by atoms with Crippen LogP contribution < -0.4 is 10.9 Å². The van der Waals surface area contributed by atoms with E-state index in [0.717, 1.165) is 11.3 Å². The van der Waals surface area contributed by atoms with Gasteiger partial charge in [-0.1, -0.05) is 18.2 Å². The lowest BCUT2D eigenvalue weighted by Crippen LogP contribution is -2.20. The molecular formula is C18H12N2O5S. The summed E-state index contributed by atoms with van der Waals surface area (Å²) in [6, 6.07) is 10.2. The minimum Gasteiger partial charge on any atom is -0.465 e. The molecule has 0 fully saturated rings. The molecule has 0 aliphatic rings. The van der Waals surface area contributed by atoms with Gasteiger partial charge in [0.05, 0.1) is 12.7 Å². The Morgan fingerprint density at radius 3 is 2.73 bits per heavy atom. The number of carbonyl (C=O) groups excluding carboxylic acids is 2. The molecule has 1 N–H and O–H groups in total. The van der Waals surface area contributed by atoms with Crippen molar-refractivity contribution < 1.29 is 18.7 Å². The van der Waals surface area contributed by atoms with Crippen molar-refractivity contribution in [2.45, 2.75) is 6.92 Å². The molecule has 0 unspecified atom stereocenters. The fraction of sp³-hybridized carbons (Fsp3) is 0.111. The second-order valence-electron chi connectivity index (χ2n) is 5.30. The molecule has 0 atom stereocenters. The fourth-order valence-corrected chi connectivity index (χ4v) is 3.48. The van der Waals surface area contributed by atoms with Gasteiger partial charge in [0, 0.05) is 5.39 Å². The van der Waals surface area contributed by atoms with Crippen molar-refractivity contribution in [3.8, 4) is 6.07 Å². The third-order valence-corrected chi connectivity index (χ3v) is 4.93. The smallest absolute Gasteiger partial charge is 0.349 e. The van der Waals surface area contributed by atoms with Gasteiger partial charge in [0.2, 0.25) is 0 Å². The van der Waals surface area contributed by atoms with Crippen LogP contribution in [0.3, 0.4) is 0 Å². The molecule has 0 spiro atoms. The number of carbonyl (C=O) groups is 2. The first-order chi connectivity index (χ1) is 12.5. The Morgan fingerprint density at radius 2 is 2.04 bits per heavy atom. The summed E-state index contributed by atoms with van der Waals surface area (Å²) in [5.74, 6) is -1.33. The van der Waals surface area contributed by atoms with Crippen LogP contribution in [0, 0.1) is 18.3 Å². The molecule has 26 heavy (non-hydrogen) atoms. The maximum Gasteiger partial charge on any atom is 0.349 e. The fourth-order valence-electron chi connectivity index (χ4n) is 2.41.